The molecule has 1 N–H and O–H groups in total. The highest BCUT2D eigenvalue weighted by atomic mass is 16.5. The van der Waals surface area contributed by atoms with E-state index >= 15 is 0 Å². The van der Waals surface area contributed by atoms with Gasteiger partial charge in [-0.1, -0.05) is 12.2 Å². The minimum Gasteiger partial charge on any atom is -0.468 e. The molecule has 3 nitrogen and oxygen atoms in total. The predicted molar refractivity (Wildman–Crippen MR) is 49.1 cm³/mol. The predicted octanol–water partition coefficient (Wildman–Crippen LogP) is 1.27. The van der Waals surface area contributed by atoms with Gasteiger partial charge in [0.1, 0.15) is 5.41 Å². The maximum atomic E-state index is 11.5. The first kappa shape index (κ1) is 10.3. The van der Waals surface area contributed by atoms with E-state index in [1.54, 1.807) is 13.8 Å². The minimum absolute atomic E-state index is 0.340. The molecule has 74 valence electrons. The third-order valence-electron chi connectivity index (χ3n) is 2.85. The van der Waals surface area contributed by atoms with Gasteiger partial charge in [-0.2, -0.15) is 0 Å². The molecule has 0 bridgehead atoms. The Morgan fingerprint density at radius 3 is 2.31 bits per heavy atom. The molecule has 0 amide bonds. The van der Waals surface area contributed by atoms with Crippen LogP contribution in [0.15, 0.2) is 12.2 Å². The second-order valence-corrected chi connectivity index (χ2v) is 4.24. The summed E-state index contributed by atoms with van der Waals surface area (Å²) in [4.78, 5) is 11.5. The van der Waals surface area contributed by atoms with Crippen molar-refractivity contribution < 1.29 is 14.6 Å². The fourth-order valence-electron chi connectivity index (χ4n) is 1.82. The molecule has 0 aromatic carbocycles. The number of rotatable bonds is 2. The third-order valence-corrected chi connectivity index (χ3v) is 2.85. The highest BCUT2D eigenvalue weighted by Crippen LogP contribution is 2.52. The summed E-state index contributed by atoms with van der Waals surface area (Å²) < 4.78 is 4.69. The Hall–Kier alpha value is -0.830. The van der Waals surface area contributed by atoms with Crippen molar-refractivity contribution in [1.82, 2.24) is 0 Å². The van der Waals surface area contributed by atoms with E-state index in [1.165, 1.54) is 7.11 Å². The van der Waals surface area contributed by atoms with Crippen LogP contribution in [0.2, 0.25) is 0 Å². The van der Waals surface area contributed by atoms with Crippen LogP contribution >= 0.6 is 0 Å². The zero-order valence-corrected chi connectivity index (χ0v) is 8.39. The van der Waals surface area contributed by atoms with Crippen LogP contribution in [0.1, 0.15) is 26.7 Å². The summed E-state index contributed by atoms with van der Waals surface area (Å²) in [6.45, 7) is 7.04. The summed E-state index contributed by atoms with van der Waals surface area (Å²) in [5.41, 5.74) is -0.812. The molecule has 0 unspecified atom stereocenters. The van der Waals surface area contributed by atoms with Crippen molar-refractivity contribution in [3.63, 3.8) is 0 Å². The van der Waals surface area contributed by atoms with Gasteiger partial charge in [0.15, 0.2) is 0 Å². The molecule has 1 saturated carbocycles. The first-order chi connectivity index (χ1) is 5.83. The average Bonchev–Trinajstić information content (AvgIpc) is 1.94. The number of hydrogen-bond donors (Lipinski definition) is 1. The third kappa shape index (κ3) is 1.37. The second kappa shape index (κ2) is 2.84. The number of methoxy groups -OCH3 is 1. The smallest absolute Gasteiger partial charge is 0.315 e. The molecule has 0 radical (unpaired) electrons. The van der Waals surface area contributed by atoms with Crippen LogP contribution in [0.25, 0.3) is 0 Å². The minimum atomic E-state index is -1.04. The van der Waals surface area contributed by atoms with E-state index in [-0.39, 0.29) is 5.97 Å². The van der Waals surface area contributed by atoms with E-state index in [1.807, 2.05) is 0 Å². The van der Waals surface area contributed by atoms with Crippen molar-refractivity contribution in [2.24, 2.45) is 5.41 Å². The van der Waals surface area contributed by atoms with E-state index < -0.39 is 11.0 Å². The van der Waals surface area contributed by atoms with E-state index in [4.69, 9.17) is 4.74 Å². The highest BCUT2D eigenvalue weighted by Gasteiger charge is 2.57. The van der Waals surface area contributed by atoms with Gasteiger partial charge in [-0.3, -0.25) is 4.79 Å². The van der Waals surface area contributed by atoms with Gasteiger partial charge in [0.2, 0.25) is 0 Å². The standard InChI is InChI=1S/C10H16O3/c1-7-5-10(6-7,8(11)13-4)9(2,3)12/h12H,1,5-6H2,2-4H3. The second-order valence-electron chi connectivity index (χ2n) is 4.24. The number of aliphatic hydroxyl groups is 1. The van der Waals surface area contributed by atoms with Gasteiger partial charge in [-0.05, 0) is 26.7 Å². The fourth-order valence-corrected chi connectivity index (χ4v) is 1.82. The first-order valence-corrected chi connectivity index (χ1v) is 4.31. The Morgan fingerprint density at radius 1 is 1.62 bits per heavy atom. The lowest BCUT2D eigenvalue weighted by atomic mass is 9.57. The van der Waals surface area contributed by atoms with E-state index in [2.05, 4.69) is 6.58 Å². The van der Waals surface area contributed by atoms with E-state index in [0.29, 0.717) is 12.8 Å². The molecule has 0 spiro atoms. The van der Waals surface area contributed by atoms with Crippen LogP contribution in [-0.4, -0.2) is 23.8 Å². The maximum absolute atomic E-state index is 11.5. The zero-order chi connectivity index (χ0) is 10.3. The molecule has 0 atom stereocenters. The van der Waals surface area contributed by atoms with Crippen molar-refractivity contribution in [3.8, 4) is 0 Å². The quantitative estimate of drug-likeness (QED) is 0.519. The number of esters is 1. The van der Waals surface area contributed by atoms with Crippen molar-refractivity contribution in [1.29, 1.82) is 0 Å². The summed E-state index contributed by atoms with van der Waals surface area (Å²) in [5, 5.41) is 9.87. The van der Waals surface area contributed by atoms with Crippen molar-refractivity contribution >= 4 is 5.97 Å². The molecule has 0 aromatic heterocycles. The molecule has 1 aliphatic carbocycles. The number of hydrogen-bond acceptors (Lipinski definition) is 3. The lowest BCUT2D eigenvalue weighted by Gasteiger charge is -2.48. The largest absolute Gasteiger partial charge is 0.468 e. The number of allylic oxidation sites excluding steroid dienone is 1. The molecule has 1 rings (SSSR count). The van der Waals surface area contributed by atoms with Crippen LogP contribution in [-0.2, 0) is 9.53 Å². The average molecular weight is 184 g/mol. The van der Waals surface area contributed by atoms with Gasteiger partial charge in [-0.25, -0.2) is 0 Å². The maximum Gasteiger partial charge on any atom is 0.315 e. The number of ether oxygens (including phenoxy) is 1. The highest BCUT2D eigenvalue weighted by molar-refractivity contribution is 5.81. The van der Waals surface area contributed by atoms with Crippen molar-refractivity contribution in [2.75, 3.05) is 7.11 Å². The molecular formula is C10H16O3. The van der Waals surface area contributed by atoms with Gasteiger partial charge in [0.05, 0.1) is 12.7 Å². The Balaban J connectivity index is 2.91. The fraction of sp³-hybridized carbons (Fsp3) is 0.700. The van der Waals surface area contributed by atoms with Gasteiger partial charge in [0.25, 0.3) is 0 Å². The van der Waals surface area contributed by atoms with Crippen LogP contribution in [0.3, 0.4) is 0 Å². The lowest BCUT2D eigenvalue weighted by Crippen LogP contribution is -2.55. The first-order valence-electron chi connectivity index (χ1n) is 4.31. The van der Waals surface area contributed by atoms with Gasteiger partial charge >= 0.3 is 5.97 Å². The van der Waals surface area contributed by atoms with Gasteiger partial charge in [-0.15, -0.1) is 0 Å². The van der Waals surface area contributed by atoms with E-state index in [9.17, 15) is 9.90 Å². The molecule has 1 aliphatic rings. The monoisotopic (exact) mass is 184 g/mol. The number of carbonyl (C=O) groups excluding carboxylic acids is 1. The van der Waals surface area contributed by atoms with Crippen molar-refractivity contribution in [3.05, 3.63) is 12.2 Å². The summed E-state index contributed by atoms with van der Waals surface area (Å²) in [7, 11) is 1.34. The molecule has 0 heterocycles. The Bertz CT molecular complexity index is 239. The molecule has 0 aromatic rings. The topological polar surface area (TPSA) is 46.5 Å². The summed E-state index contributed by atoms with van der Waals surface area (Å²) in [6.07, 6.45) is 1.06. The summed E-state index contributed by atoms with van der Waals surface area (Å²) in [6, 6.07) is 0. The van der Waals surface area contributed by atoms with Crippen LogP contribution in [0.4, 0.5) is 0 Å². The van der Waals surface area contributed by atoms with E-state index in [0.717, 1.165) is 5.57 Å². The van der Waals surface area contributed by atoms with Crippen LogP contribution in [0, 0.1) is 5.41 Å². The van der Waals surface area contributed by atoms with Crippen LogP contribution in [0.5, 0.6) is 0 Å². The Morgan fingerprint density at radius 2 is 2.08 bits per heavy atom. The molecule has 0 aliphatic heterocycles. The summed E-state index contributed by atoms with van der Waals surface area (Å²) in [5.74, 6) is -0.340. The molecular weight excluding hydrogens is 168 g/mol. The number of carbonyl (C=O) groups is 1. The Labute approximate surface area is 78.4 Å². The zero-order valence-electron chi connectivity index (χ0n) is 8.39. The van der Waals surface area contributed by atoms with Gasteiger partial charge < -0.3 is 9.84 Å². The van der Waals surface area contributed by atoms with Gasteiger partial charge in [0, 0.05) is 0 Å². The summed E-state index contributed by atoms with van der Waals surface area (Å²) >= 11 is 0. The molecule has 3 heteroatoms. The van der Waals surface area contributed by atoms with Crippen LogP contribution < -0.4 is 0 Å². The SMILES string of the molecule is C=C1CC(C(=O)OC)(C(C)(C)O)C1. The Kier molecular flexibility index (Phi) is 2.24. The molecule has 1 fully saturated rings. The molecule has 13 heavy (non-hydrogen) atoms. The molecule has 0 saturated heterocycles. The normalized spacial score (nSPS) is 20.8. The van der Waals surface area contributed by atoms with Crippen molar-refractivity contribution in [2.45, 2.75) is 32.3 Å². The lowest BCUT2D eigenvalue weighted by molar-refractivity contribution is -0.175.